The second-order valence-electron chi connectivity index (χ2n) is 5.82. The molecular formula is C14H15Cl2N3OS. The van der Waals surface area contributed by atoms with Crippen molar-refractivity contribution in [2.75, 3.05) is 5.32 Å². The molecule has 1 amide bonds. The van der Waals surface area contributed by atoms with Gasteiger partial charge in [-0.3, -0.25) is 10.1 Å². The van der Waals surface area contributed by atoms with Crippen LogP contribution in [-0.2, 0) is 6.42 Å². The van der Waals surface area contributed by atoms with Crippen molar-refractivity contribution in [1.82, 2.24) is 10.2 Å². The van der Waals surface area contributed by atoms with E-state index in [1.165, 1.54) is 17.4 Å². The zero-order chi connectivity index (χ0) is 15.6. The molecule has 1 heterocycles. The Balaban J connectivity index is 2.09. The molecule has 0 radical (unpaired) electrons. The Morgan fingerprint density at radius 3 is 2.62 bits per heavy atom. The van der Waals surface area contributed by atoms with Gasteiger partial charge < -0.3 is 0 Å². The summed E-state index contributed by atoms with van der Waals surface area (Å²) >= 11 is 13.2. The second-order valence-corrected chi connectivity index (χ2v) is 7.72. The first kappa shape index (κ1) is 16.2. The lowest BCUT2D eigenvalue weighted by Gasteiger charge is -2.14. The van der Waals surface area contributed by atoms with Crippen molar-refractivity contribution in [3.05, 3.63) is 38.8 Å². The van der Waals surface area contributed by atoms with Crippen molar-refractivity contribution in [1.29, 1.82) is 0 Å². The molecule has 0 saturated heterocycles. The number of hydrogen-bond acceptors (Lipinski definition) is 4. The molecule has 2 rings (SSSR count). The molecule has 0 spiro atoms. The number of hydrogen-bond donors (Lipinski definition) is 1. The van der Waals surface area contributed by atoms with E-state index >= 15 is 0 Å². The first-order valence-corrected chi connectivity index (χ1v) is 7.91. The van der Waals surface area contributed by atoms with Crippen molar-refractivity contribution in [2.45, 2.75) is 27.2 Å². The highest BCUT2D eigenvalue weighted by atomic mass is 35.5. The van der Waals surface area contributed by atoms with Crippen LogP contribution in [0.1, 0.15) is 36.1 Å². The summed E-state index contributed by atoms with van der Waals surface area (Å²) in [5, 5.41) is 12.9. The number of halogens is 2. The maximum absolute atomic E-state index is 12.1. The van der Waals surface area contributed by atoms with Crippen molar-refractivity contribution in [3.8, 4) is 0 Å². The van der Waals surface area contributed by atoms with E-state index in [1.54, 1.807) is 12.1 Å². The molecule has 2 aromatic rings. The molecular weight excluding hydrogens is 329 g/mol. The summed E-state index contributed by atoms with van der Waals surface area (Å²) in [6.07, 6.45) is 0.808. The van der Waals surface area contributed by atoms with Crippen molar-refractivity contribution >= 4 is 45.6 Å². The number of carbonyl (C=O) groups excluding carboxylic acids is 1. The van der Waals surface area contributed by atoms with Crippen LogP contribution in [0.3, 0.4) is 0 Å². The Morgan fingerprint density at radius 1 is 1.29 bits per heavy atom. The number of anilines is 1. The van der Waals surface area contributed by atoms with Gasteiger partial charge in [0.15, 0.2) is 0 Å². The SMILES string of the molecule is CC(C)(C)Cc1nnc(NC(=O)c2ccc(Cl)cc2Cl)s1. The minimum atomic E-state index is -0.324. The van der Waals surface area contributed by atoms with E-state index in [2.05, 4.69) is 36.3 Å². The van der Waals surface area contributed by atoms with Gasteiger partial charge in [-0.05, 0) is 23.6 Å². The molecule has 1 aromatic heterocycles. The fourth-order valence-corrected chi connectivity index (χ4v) is 3.20. The van der Waals surface area contributed by atoms with Crippen LogP contribution in [-0.4, -0.2) is 16.1 Å². The van der Waals surface area contributed by atoms with Gasteiger partial charge in [-0.1, -0.05) is 55.3 Å². The van der Waals surface area contributed by atoms with Crippen LogP contribution in [0.15, 0.2) is 18.2 Å². The second kappa shape index (κ2) is 6.30. The summed E-state index contributed by atoms with van der Waals surface area (Å²) in [5.41, 5.74) is 0.481. The molecule has 0 aliphatic heterocycles. The summed E-state index contributed by atoms with van der Waals surface area (Å²) in [6, 6.07) is 4.73. The van der Waals surface area contributed by atoms with E-state index < -0.39 is 0 Å². The normalized spacial score (nSPS) is 11.5. The number of amides is 1. The third kappa shape index (κ3) is 4.66. The summed E-state index contributed by atoms with van der Waals surface area (Å²) in [7, 11) is 0. The Bertz CT molecular complexity index is 664. The zero-order valence-electron chi connectivity index (χ0n) is 11.9. The molecule has 0 bridgehead atoms. The van der Waals surface area contributed by atoms with Gasteiger partial charge in [0.2, 0.25) is 5.13 Å². The lowest BCUT2D eigenvalue weighted by atomic mass is 9.93. The molecule has 4 nitrogen and oxygen atoms in total. The maximum atomic E-state index is 12.1. The van der Waals surface area contributed by atoms with Crippen LogP contribution in [0, 0.1) is 5.41 Å². The number of carbonyl (C=O) groups is 1. The highest BCUT2D eigenvalue weighted by Crippen LogP contribution is 2.26. The van der Waals surface area contributed by atoms with E-state index in [0.717, 1.165) is 11.4 Å². The molecule has 0 atom stereocenters. The number of nitrogens with zero attached hydrogens (tertiary/aromatic N) is 2. The first-order valence-electron chi connectivity index (χ1n) is 6.33. The van der Waals surface area contributed by atoms with Crippen molar-refractivity contribution < 1.29 is 4.79 Å². The third-order valence-electron chi connectivity index (χ3n) is 2.54. The molecule has 0 saturated carbocycles. The molecule has 0 aliphatic rings. The standard InChI is InChI=1S/C14H15Cl2N3OS/c1-14(2,3)7-11-18-19-13(21-11)17-12(20)9-5-4-8(15)6-10(9)16/h4-6H,7H2,1-3H3,(H,17,19,20). The summed E-state index contributed by atoms with van der Waals surface area (Å²) < 4.78 is 0. The van der Waals surface area contributed by atoms with Crippen molar-refractivity contribution in [3.63, 3.8) is 0 Å². The van der Waals surface area contributed by atoms with Crippen LogP contribution in [0.25, 0.3) is 0 Å². The fraction of sp³-hybridized carbons (Fsp3) is 0.357. The van der Waals surface area contributed by atoms with Crippen LogP contribution in [0.5, 0.6) is 0 Å². The Hall–Kier alpha value is -1.17. The van der Waals surface area contributed by atoms with Gasteiger partial charge in [0.05, 0.1) is 10.6 Å². The van der Waals surface area contributed by atoms with Crippen LogP contribution in [0.4, 0.5) is 5.13 Å². The van der Waals surface area contributed by atoms with E-state index in [0.29, 0.717) is 20.7 Å². The maximum Gasteiger partial charge on any atom is 0.259 e. The fourth-order valence-electron chi connectivity index (χ4n) is 1.67. The molecule has 21 heavy (non-hydrogen) atoms. The quantitative estimate of drug-likeness (QED) is 0.879. The molecule has 1 N–H and O–H groups in total. The zero-order valence-corrected chi connectivity index (χ0v) is 14.2. The molecule has 0 aliphatic carbocycles. The average Bonchev–Trinajstić information content (AvgIpc) is 2.73. The van der Waals surface area contributed by atoms with Gasteiger partial charge in [-0.2, -0.15) is 0 Å². The smallest absolute Gasteiger partial charge is 0.259 e. The summed E-state index contributed by atoms with van der Waals surface area (Å²) in [5.74, 6) is -0.324. The van der Waals surface area contributed by atoms with E-state index in [1.807, 2.05) is 0 Å². The lowest BCUT2D eigenvalue weighted by Crippen LogP contribution is -2.12. The minimum absolute atomic E-state index is 0.125. The highest BCUT2D eigenvalue weighted by molar-refractivity contribution is 7.15. The van der Waals surface area contributed by atoms with Crippen LogP contribution >= 0.6 is 34.5 Å². The predicted molar refractivity (Wildman–Crippen MR) is 87.5 cm³/mol. The van der Waals surface area contributed by atoms with Gasteiger partial charge in [0, 0.05) is 11.4 Å². The van der Waals surface area contributed by atoms with E-state index in [9.17, 15) is 4.79 Å². The van der Waals surface area contributed by atoms with Crippen molar-refractivity contribution in [2.24, 2.45) is 5.41 Å². The monoisotopic (exact) mass is 343 g/mol. The Labute approximate surface area is 137 Å². The predicted octanol–water partition coefficient (Wildman–Crippen LogP) is 4.69. The number of rotatable bonds is 3. The van der Waals surface area contributed by atoms with Crippen LogP contribution < -0.4 is 5.32 Å². The molecule has 1 aromatic carbocycles. The lowest BCUT2D eigenvalue weighted by molar-refractivity contribution is 0.102. The molecule has 0 fully saturated rings. The number of benzene rings is 1. The highest BCUT2D eigenvalue weighted by Gasteiger charge is 2.17. The first-order chi connectivity index (χ1) is 9.74. The Morgan fingerprint density at radius 2 is 2.00 bits per heavy atom. The Kier molecular flexibility index (Phi) is 4.86. The van der Waals surface area contributed by atoms with E-state index in [4.69, 9.17) is 23.2 Å². The molecule has 112 valence electrons. The van der Waals surface area contributed by atoms with Gasteiger partial charge >= 0.3 is 0 Å². The van der Waals surface area contributed by atoms with E-state index in [-0.39, 0.29) is 11.3 Å². The largest absolute Gasteiger partial charge is 0.296 e. The van der Waals surface area contributed by atoms with Gasteiger partial charge in [-0.15, -0.1) is 10.2 Å². The number of aromatic nitrogens is 2. The van der Waals surface area contributed by atoms with Crippen LogP contribution in [0.2, 0.25) is 10.0 Å². The molecule has 0 unspecified atom stereocenters. The number of nitrogens with one attached hydrogen (secondary N) is 1. The third-order valence-corrected chi connectivity index (χ3v) is 3.93. The summed E-state index contributed by atoms with van der Waals surface area (Å²) in [4.78, 5) is 12.1. The van der Waals surface area contributed by atoms with Gasteiger partial charge in [0.1, 0.15) is 5.01 Å². The van der Waals surface area contributed by atoms with Gasteiger partial charge in [-0.25, -0.2) is 0 Å². The molecule has 7 heteroatoms. The van der Waals surface area contributed by atoms with Gasteiger partial charge in [0.25, 0.3) is 5.91 Å². The minimum Gasteiger partial charge on any atom is -0.296 e. The average molecular weight is 344 g/mol. The summed E-state index contributed by atoms with van der Waals surface area (Å²) in [6.45, 7) is 6.38. The topological polar surface area (TPSA) is 54.9 Å².